The summed E-state index contributed by atoms with van der Waals surface area (Å²) in [4.78, 5) is 12.1. The summed E-state index contributed by atoms with van der Waals surface area (Å²) in [6.07, 6.45) is 0.535. The van der Waals surface area contributed by atoms with E-state index in [1.165, 1.54) is 14.2 Å². The highest BCUT2D eigenvalue weighted by molar-refractivity contribution is 5.98. The number of carbonyl (C=O) groups is 1. The molecule has 102 valence electrons. The largest absolute Gasteiger partial charge is 0.497 e. The standard InChI is InChI=1S/C14H18N2O3/c1-5-14(2,19-4)13(17)16-12-7-6-11(18-3)8-10(12)9-15/h6-8H,5H2,1-4H3,(H,16,17). The number of nitrogens with zero attached hydrogens (tertiary/aromatic N) is 1. The van der Waals surface area contributed by atoms with E-state index in [1.807, 2.05) is 13.0 Å². The van der Waals surface area contributed by atoms with Crippen molar-refractivity contribution in [3.8, 4) is 11.8 Å². The van der Waals surface area contributed by atoms with Gasteiger partial charge in [0.15, 0.2) is 0 Å². The van der Waals surface area contributed by atoms with Crippen LogP contribution in [0.3, 0.4) is 0 Å². The van der Waals surface area contributed by atoms with Gasteiger partial charge in [0.2, 0.25) is 0 Å². The lowest BCUT2D eigenvalue weighted by atomic mass is 10.0. The molecule has 0 aromatic heterocycles. The second kappa shape index (κ2) is 6.21. The molecule has 0 bridgehead atoms. The van der Waals surface area contributed by atoms with Gasteiger partial charge in [0.25, 0.3) is 5.91 Å². The minimum Gasteiger partial charge on any atom is -0.497 e. The monoisotopic (exact) mass is 262 g/mol. The number of nitrogens with one attached hydrogen (secondary N) is 1. The Hall–Kier alpha value is -2.06. The number of hydrogen-bond donors (Lipinski definition) is 1. The van der Waals surface area contributed by atoms with Crippen molar-refractivity contribution in [2.75, 3.05) is 19.5 Å². The van der Waals surface area contributed by atoms with Gasteiger partial charge in [-0.3, -0.25) is 4.79 Å². The zero-order valence-electron chi connectivity index (χ0n) is 11.6. The van der Waals surface area contributed by atoms with Gasteiger partial charge >= 0.3 is 0 Å². The lowest BCUT2D eigenvalue weighted by Crippen LogP contribution is -2.41. The van der Waals surface area contributed by atoms with Crippen LogP contribution in [0.2, 0.25) is 0 Å². The molecule has 0 heterocycles. The summed E-state index contributed by atoms with van der Waals surface area (Å²) in [6, 6.07) is 6.93. The molecule has 1 N–H and O–H groups in total. The maximum Gasteiger partial charge on any atom is 0.256 e. The third kappa shape index (κ3) is 3.24. The van der Waals surface area contributed by atoms with Crippen molar-refractivity contribution in [3.63, 3.8) is 0 Å². The molecule has 1 amide bonds. The average Bonchev–Trinajstić information content (AvgIpc) is 2.46. The quantitative estimate of drug-likeness (QED) is 0.884. The van der Waals surface area contributed by atoms with Gasteiger partial charge in [-0.2, -0.15) is 5.26 Å². The highest BCUT2D eigenvalue weighted by Gasteiger charge is 2.31. The molecule has 1 aromatic carbocycles. The van der Waals surface area contributed by atoms with Gasteiger partial charge in [-0.25, -0.2) is 0 Å². The molecule has 0 aliphatic heterocycles. The van der Waals surface area contributed by atoms with Crippen LogP contribution in [0.5, 0.6) is 5.75 Å². The van der Waals surface area contributed by atoms with Crippen molar-refractivity contribution < 1.29 is 14.3 Å². The topological polar surface area (TPSA) is 71.3 Å². The van der Waals surface area contributed by atoms with Gasteiger partial charge < -0.3 is 14.8 Å². The molecular weight excluding hydrogens is 244 g/mol. The predicted octanol–water partition coefficient (Wildman–Crippen LogP) is 2.32. The number of carbonyl (C=O) groups excluding carboxylic acids is 1. The van der Waals surface area contributed by atoms with E-state index in [0.717, 1.165) is 0 Å². The van der Waals surface area contributed by atoms with Crippen LogP contribution < -0.4 is 10.1 Å². The Balaban J connectivity index is 3.01. The zero-order chi connectivity index (χ0) is 14.5. The van der Waals surface area contributed by atoms with Crippen LogP contribution in [0, 0.1) is 11.3 Å². The van der Waals surface area contributed by atoms with E-state index < -0.39 is 5.60 Å². The minimum absolute atomic E-state index is 0.279. The molecule has 0 saturated heterocycles. The van der Waals surface area contributed by atoms with E-state index in [9.17, 15) is 4.79 Å². The number of hydrogen-bond acceptors (Lipinski definition) is 4. The van der Waals surface area contributed by atoms with Crippen LogP contribution in [0.25, 0.3) is 0 Å². The van der Waals surface area contributed by atoms with E-state index in [4.69, 9.17) is 14.7 Å². The van der Waals surface area contributed by atoms with E-state index in [2.05, 4.69) is 5.32 Å². The molecule has 5 nitrogen and oxygen atoms in total. The number of amides is 1. The number of methoxy groups -OCH3 is 2. The molecule has 1 aromatic rings. The first-order valence-corrected chi connectivity index (χ1v) is 5.95. The van der Waals surface area contributed by atoms with Crippen molar-refractivity contribution in [1.82, 2.24) is 0 Å². The van der Waals surface area contributed by atoms with Gasteiger partial charge in [0.05, 0.1) is 18.4 Å². The molecule has 1 rings (SSSR count). The lowest BCUT2D eigenvalue weighted by Gasteiger charge is -2.25. The van der Waals surface area contributed by atoms with Crippen LogP contribution in [0.4, 0.5) is 5.69 Å². The summed E-state index contributed by atoms with van der Waals surface area (Å²) >= 11 is 0. The summed E-state index contributed by atoms with van der Waals surface area (Å²) in [5.41, 5.74) is -0.112. The van der Waals surface area contributed by atoms with Crippen LogP contribution in [0.15, 0.2) is 18.2 Å². The molecule has 0 radical (unpaired) electrons. The predicted molar refractivity (Wildman–Crippen MR) is 72.0 cm³/mol. The van der Waals surface area contributed by atoms with Crippen molar-refractivity contribution in [1.29, 1.82) is 5.26 Å². The Morgan fingerprint density at radius 1 is 1.47 bits per heavy atom. The normalized spacial score (nSPS) is 13.2. The highest BCUT2D eigenvalue weighted by Crippen LogP contribution is 2.23. The lowest BCUT2D eigenvalue weighted by molar-refractivity contribution is -0.136. The minimum atomic E-state index is -0.910. The smallest absolute Gasteiger partial charge is 0.256 e. The van der Waals surface area contributed by atoms with Crippen molar-refractivity contribution in [2.45, 2.75) is 25.9 Å². The SMILES string of the molecule is CCC(C)(OC)C(=O)Nc1ccc(OC)cc1C#N. The third-order valence-electron chi connectivity index (χ3n) is 3.20. The fraction of sp³-hybridized carbons (Fsp3) is 0.429. The molecular formula is C14H18N2O3. The molecule has 1 atom stereocenters. The molecule has 0 aliphatic rings. The van der Waals surface area contributed by atoms with E-state index in [1.54, 1.807) is 25.1 Å². The maximum absolute atomic E-state index is 12.1. The fourth-order valence-electron chi connectivity index (χ4n) is 1.50. The summed E-state index contributed by atoms with van der Waals surface area (Å²) in [6.45, 7) is 3.57. The Morgan fingerprint density at radius 3 is 2.63 bits per heavy atom. The molecule has 5 heteroatoms. The van der Waals surface area contributed by atoms with Gasteiger partial charge in [0.1, 0.15) is 17.4 Å². The second-order valence-corrected chi connectivity index (χ2v) is 4.27. The van der Waals surface area contributed by atoms with Gasteiger partial charge in [-0.05, 0) is 31.5 Å². The number of rotatable bonds is 5. The average molecular weight is 262 g/mol. The van der Waals surface area contributed by atoms with Gasteiger partial charge in [-0.15, -0.1) is 0 Å². The molecule has 0 fully saturated rings. The number of anilines is 1. The summed E-state index contributed by atoms with van der Waals surface area (Å²) in [5, 5.41) is 11.8. The first-order valence-electron chi connectivity index (χ1n) is 5.95. The Morgan fingerprint density at radius 2 is 2.16 bits per heavy atom. The zero-order valence-corrected chi connectivity index (χ0v) is 11.6. The van der Waals surface area contributed by atoms with Gasteiger partial charge in [0, 0.05) is 7.11 Å². The van der Waals surface area contributed by atoms with E-state index in [-0.39, 0.29) is 5.91 Å². The van der Waals surface area contributed by atoms with Crippen LogP contribution in [-0.4, -0.2) is 25.7 Å². The van der Waals surface area contributed by atoms with Crippen LogP contribution in [0.1, 0.15) is 25.8 Å². The number of ether oxygens (including phenoxy) is 2. The summed E-state index contributed by atoms with van der Waals surface area (Å²) in [7, 11) is 3.01. The highest BCUT2D eigenvalue weighted by atomic mass is 16.5. The molecule has 19 heavy (non-hydrogen) atoms. The molecule has 0 saturated carbocycles. The Bertz CT molecular complexity index is 502. The maximum atomic E-state index is 12.1. The first-order chi connectivity index (χ1) is 9.00. The number of benzene rings is 1. The van der Waals surface area contributed by atoms with Crippen molar-refractivity contribution >= 4 is 11.6 Å². The van der Waals surface area contributed by atoms with E-state index >= 15 is 0 Å². The Kier molecular flexibility index (Phi) is 4.90. The van der Waals surface area contributed by atoms with Crippen LogP contribution >= 0.6 is 0 Å². The second-order valence-electron chi connectivity index (χ2n) is 4.27. The Labute approximate surface area is 113 Å². The first kappa shape index (κ1) is 15.0. The summed E-state index contributed by atoms with van der Waals surface area (Å²) < 4.78 is 10.3. The van der Waals surface area contributed by atoms with Crippen molar-refractivity contribution in [3.05, 3.63) is 23.8 Å². The fourth-order valence-corrected chi connectivity index (χ4v) is 1.50. The molecule has 0 aliphatic carbocycles. The third-order valence-corrected chi connectivity index (χ3v) is 3.20. The van der Waals surface area contributed by atoms with E-state index in [0.29, 0.717) is 23.4 Å². The number of nitriles is 1. The summed E-state index contributed by atoms with van der Waals surface area (Å²) in [5.74, 6) is 0.290. The van der Waals surface area contributed by atoms with Crippen molar-refractivity contribution in [2.24, 2.45) is 0 Å². The van der Waals surface area contributed by atoms with Gasteiger partial charge in [-0.1, -0.05) is 6.92 Å². The molecule has 1 unspecified atom stereocenters. The van der Waals surface area contributed by atoms with Crippen LogP contribution in [-0.2, 0) is 9.53 Å². The molecule has 0 spiro atoms.